The Labute approximate surface area is 165 Å². The van der Waals surface area contributed by atoms with Crippen LogP contribution in [0.25, 0.3) is 11.4 Å². The van der Waals surface area contributed by atoms with Gasteiger partial charge in [-0.3, -0.25) is 9.59 Å². The quantitative estimate of drug-likeness (QED) is 0.824. The molecule has 6 heteroatoms. The second kappa shape index (κ2) is 8.09. The summed E-state index contributed by atoms with van der Waals surface area (Å²) < 4.78 is 0. The fourth-order valence-corrected chi connectivity index (χ4v) is 4.33. The summed E-state index contributed by atoms with van der Waals surface area (Å²) in [4.78, 5) is 37.5. The van der Waals surface area contributed by atoms with Gasteiger partial charge in [0.1, 0.15) is 6.04 Å². The minimum absolute atomic E-state index is 0.000151. The van der Waals surface area contributed by atoms with E-state index in [-0.39, 0.29) is 17.9 Å². The summed E-state index contributed by atoms with van der Waals surface area (Å²) >= 11 is 0. The lowest BCUT2D eigenvalue weighted by Crippen LogP contribution is -2.49. The molecular formula is C22H26N4O2. The monoisotopic (exact) mass is 378 g/mol. The lowest BCUT2D eigenvalue weighted by molar-refractivity contribution is -0.143. The van der Waals surface area contributed by atoms with E-state index in [0.717, 1.165) is 55.9 Å². The van der Waals surface area contributed by atoms with Crippen LogP contribution >= 0.6 is 0 Å². The van der Waals surface area contributed by atoms with E-state index in [9.17, 15) is 9.59 Å². The number of benzene rings is 1. The Balaban J connectivity index is 1.41. The van der Waals surface area contributed by atoms with Gasteiger partial charge in [-0.1, -0.05) is 30.3 Å². The molecular weight excluding hydrogens is 352 g/mol. The van der Waals surface area contributed by atoms with Gasteiger partial charge in [-0.25, -0.2) is 9.97 Å². The first-order chi connectivity index (χ1) is 13.6. The number of rotatable bonds is 3. The smallest absolute Gasteiger partial charge is 0.245 e. The molecule has 146 valence electrons. The molecule has 2 amide bonds. The van der Waals surface area contributed by atoms with E-state index in [0.29, 0.717) is 12.5 Å². The molecule has 2 fully saturated rings. The Morgan fingerprint density at radius 1 is 1.00 bits per heavy atom. The van der Waals surface area contributed by atoms with Gasteiger partial charge in [-0.2, -0.15) is 0 Å². The van der Waals surface area contributed by atoms with Crippen molar-refractivity contribution in [3.8, 4) is 11.4 Å². The van der Waals surface area contributed by atoms with E-state index in [1.807, 2.05) is 47.5 Å². The Morgan fingerprint density at radius 2 is 1.75 bits per heavy atom. The summed E-state index contributed by atoms with van der Waals surface area (Å²) in [7, 11) is 0. The first-order valence-corrected chi connectivity index (χ1v) is 10.1. The Hall–Kier alpha value is -2.76. The van der Waals surface area contributed by atoms with Crippen molar-refractivity contribution in [2.75, 3.05) is 19.6 Å². The number of nitrogens with zero attached hydrogens (tertiary/aromatic N) is 4. The average Bonchev–Trinajstić information content (AvgIpc) is 3.24. The van der Waals surface area contributed by atoms with Crippen LogP contribution in [0.1, 0.15) is 44.2 Å². The maximum Gasteiger partial charge on any atom is 0.245 e. The molecule has 6 nitrogen and oxygen atoms in total. The molecule has 0 unspecified atom stereocenters. The van der Waals surface area contributed by atoms with Crippen LogP contribution in [0.3, 0.4) is 0 Å². The molecule has 2 aliphatic heterocycles. The number of aromatic nitrogens is 2. The molecule has 4 rings (SSSR count). The van der Waals surface area contributed by atoms with Crippen LogP contribution in [0.15, 0.2) is 42.6 Å². The van der Waals surface area contributed by atoms with E-state index >= 15 is 0 Å². The van der Waals surface area contributed by atoms with Crippen LogP contribution in [0.4, 0.5) is 0 Å². The third-order valence-electron chi connectivity index (χ3n) is 5.88. The zero-order valence-electron chi connectivity index (χ0n) is 16.3. The van der Waals surface area contributed by atoms with Gasteiger partial charge in [0.25, 0.3) is 0 Å². The molecule has 28 heavy (non-hydrogen) atoms. The number of carbonyl (C=O) groups excluding carboxylic acids is 2. The average molecular weight is 378 g/mol. The highest BCUT2D eigenvalue weighted by Gasteiger charge is 2.36. The maximum atomic E-state index is 12.9. The lowest BCUT2D eigenvalue weighted by atomic mass is 9.92. The van der Waals surface area contributed by atoms with Gasteiger partial charge in [0.2, 0.25) is 11.8 Å². The highest BCUT2D eigenvalue weighted by Crippen LogP contribution is 2.29. The zero-order chi connectivity index (χ0) is 19.5. The van der Waals surface area contributed by atoms with E-state index in [4.69, 9.17) is 4.98 Å². The van der Waals surface area contributed by atoms with Crippen LogP contribution in [0.2, 0.25) is 0 Å². The van der Waals surface area contributed by atoms with E-state index in [2.05, 4.69) is 4.98 Å². The van der Waals surface area contributed by atoms with Crippen molar-refractivity contribution < 1.29 is 9.59 Å². The van der Waals surface area contributed by atoms with Crippen molar-refractivity contribution in [3.63, 3.8) is 0 Å². The van der Waals surface area contributed by atoms with Crippen LogP contribution in [0, 0.1) is 0 Å². The third kappa shape index (κ3) is 3.77. The van der Waals surface area contributed by atoms with Gasteiger partial charge in [0, 0.05) is 49.9 Å². The van der Waals surface area contributed by atoms with Gasteiger partial charge >= 0.3 is 0 Å². The first-order valence-electron chi connectivity index (χ1n) is 10.1. The van der Waals surface area contributed by atoms with Crippen molar-refractivity contribution in [1.29, 1.82) is 0 Å². The molecule has 0 N–H and O–H groups in total. The third-order valence-corrected chi connectivity index (χ3v) is 5.88. The molecule has 0 bridgehead atoms. The summed E-state index contributed by atoms with van der Waals surface area (Å²) in [5, 5.41) is 0. The number of carbonyl (C=O) groups is 2. The molecule has 1 aromatic carbocycles. The van der Waals surface area contributed by atoms with Crippen molar-refractivity contribution >= 4 is 11.8 Å². The molecule has 0 spiro atoms. The molecule has 2 aromatic rings. The van der Waals surface area contributed by atoms with Crippen LogP contribution < -0.4 is 0 Å². The van der Waals surface area contributed by atoms with Crippen LogP contribution in [0.5, 0.6) is 0 Å². The molecule has 1 atom stereocenters. The minimum Gasteiger partial charge on any atom is -0.341 e. The molecule has 0 radical (unpaired) electrons. The fourth-order valence-electron chi connectivity index (χ4n) is 4.33. The van der Waals surface area contributed by atoms with Crippen LogP contribution in [-0.2, 0) is 9.59 Å². The second-order valence-electron chi connectivity index (χ2n) is 7.64. The largest absolute Gasteiger partial charge is 0.341 e. The Bertz CT molecular complexity index is 847. The predicted molar refractivity (Wildman–Crippen MR) is 106 cm³/mol. The second-order valence-corrected chi connectivity index (χ2v) is 7.64. The van der Waals surface area contributed by atoms with E-state index in [1.54, 1.807) is 11.8 Å². The summed E-state index contributed by atoms with van der Waals surface area (Å²) in [6.07, 6.45) is 5.30. The van der Waals surface area contributed by atoms with Crippen molar-refractivity contribution in [2.24, 2.45) is 0 Å². The Kier molecular flexibility index (Phi) is 5.37. The maximum absolute atomic E-state index is 12.9. The fraction of sp³-hybridized carbons (Fsp3) is 0.455. The van der Waals surface area contributed by atoms with Crippen molar-refractivity contribution in [2.45, 2.75) is 44.6 Å². The Morgan fingerprint density at radius 3 is 2.46 bits per heavy atom. The first kappa shape index (κ1) is 18.6. The summed E-state index contributed by atoms with van der Waals surface area (Å²) in [6.45, 7) is 3.69. The van der Waals surface area contributed by atoms with Gasteiger partial charge < -0.3 is 9.80 Å². The lowest BCUT2D eigenvalue weighted by Gasteiger charge is -2.35. The number of hydrogen-bond acceptors (Lipinski definition) is 4. The zero-order valence-corrected chi connectivity index (χ0v) is 16.3. The molecule has 3 heterocycles. The van der Waals surface area contributed by atoms with Crippen molar-refractivity contribution in [3.05, 3.63) is 48.3 Å². The minimum atomic E-state index is -0.266. The number of piperidine rings is 1. The highest BCUT2D eigenvalue weighted by atomic mass is 16.2. The van der Waals surface area contributed by atoms with E-state index in [1.165, 1.54) is 0 Å². The van der Waals surface area contributed by atoms with Gasteiger partial charge in [0.15, 0.2) is 5.82 Å². The van der Waals surface area contributed by atoms with Gasteiger partial charge in [-0.05, 0) is 31.7 Å². The van der Waals surface area contributed by atoms with Crippen LogP contribution in [-0.4, -0.2) is 57.3 Å². The number of hydrogen-bond donors (Lipinski definition) is 0. The number of likely N-dealkylation sites (tertiary alicyclic amines) is 2. The SMILES string of the molecule is CC(=O)N1CCC[C@H]1C(=O)N1CCC(c2ccnc(-c3ccccc3)n2)CC1. The van der Waals surface area contributed by atoms with Gasteiger partial charge in [-0.15, -0.1) is 0 Å². The molecule has 2 saturated heterocycles. The summed E-state index contributed by atoms with van der Waals surface area (Å²) in [5.41, 5.74) is 2.06. The summed E-state index contributed by atoms with van der Waals surface area (Å²) in [5.74, 6) is 1.20. The molecule has 0 saturated carbocycles. The van der Waals surface area contributed by atoms with Crippen molar-refractivity contribution in [1.82, 2.24) is 19.8 Å². The predicted octanol–water partition coefficient (Wildman–Crippen LogP) is 2.86. The summed E-state index contributed by atoms with van der Waals surface area (Å²) in [6, 6.07) is 11.7. The molecule has 1 aromatic heterocycles. The standard InChI is InChI=1S/C22H26N4O2/c1-16(27)26-13-5-8-20(26)22(28)25-14-10-17(11-15-25)19-9-12-23-21(24-19)18-6-3-2-4-7-18/h2-4,6-7,9,12,17,20H,5,8,10-11,13-15H2,1H3/t20-/m0/s1. The normalized spacial score (nSPS) is 20.4. The number of amides is 2. The topological polar surface area (TPSA) is 66.4 Å². The van der Waals surface area contributed by atoms with E-state index < -0.39 is 0 Å². The molecule has 2 aliphatic rings. The molecule has 0 aliphatic carbocycles. The highest BCUT2D eigenvalue weighted by molar-refractivity contribution is 5.87. The van der Waals surface area contributed by atoms with Gasteiger partial charge in [0.05, 0.1) is 0 Å².